The molecule has 0 aliphatic rings. The summed E-state index contributed by atoms with van der Waals surface area (Å²) in [6, 6.07) is 12.5. The number of amides is 1. The largest absolute Gasteiger partial charge is 0.448 e. The molecule has 1 amide bonds. The maximum Gasteiger partial charge on any atom is 0.349 e. The molecule has 1 atom stereocenters. The highest BCUT2D eigenvalue weighted by atomic mass is 32.1. The first-order chi connectivity index (χ1) is 12.8. The van der Waals surface area contributed by atoms with E-state index in [1.807, 2.05) is 0 Å². The highest BCUT2D eigenvalue weighted by molar-refractivity contribution is 7.20. The van der Waals surface area contributed by atoms with Gasteiger partial charge >= 0.3 is 5.97 Å². The average Bonchev–Trinajstić information content (AvgIpc) is 3.07. The molecule has 0 aliphatic heterocycles. The molecule has 1 N–H and O–H groups in total. The number of rotatable bonds is 5. The van der Waals surface area contributed by atoms with Gasteiger partial charge in [0.25, 0.3) is 5.91 Å². The number of ether oxygens (including phenoxy) is 1. The lowest BCUT2D eigenvalue weighted by Crippen LogP contribution is -2.29. The van der Waals surface area contributed by atoms with E-state index in [2.05, 4.69) is 5.32 Å². The molecule has 1 heterocycles. The first-order valence-electron chi connectivity index (χ1n) is 8.16. The number of hydrogen-bond acceptors (Lipinski definition) is 5. The van der Waals surface area contributed by atoms with E-state index < -0.39 is 23.8 Å². The normalized spacial score (nSPS) is 11.8. The Balaban J connectivity index is 1.68. The summed E-state index contributed by atoms with van der Waals surface area (Å²) in [5.74, 6) is -1.77. The number of halogens is 1. The lowest BCUT2D eigenvalue weighted by atomic mass is 10.1. The number of ketones is 1. The van der Waals surface area contributed by atoms with Crippen molar-refractivity contribution in [2.75, 3.05) is 5.32 Å². The van der Waals surface area contributed by atoms with Gasteiger partial charge in [0.15, 0.2) is 11.9 Å². The zero-order valence-corrected chi connectivity index (χ0v) is 15.4. The molecule has 0 saturated carbocycles. The van der Waals surface area contributed by atoms with Gasteiger partial charge < -0.3 is 10.1 Å². The Labute approximate surface area is 158 Å². The summed E-state index contributed by atoms with van der Waals surface area (Å²) in [4.78, 5) is 36.2. The van der Waals surface area contributed by atoms with Crippen molar-refractivity contribution in [3.8, 4) is 0 Å². The second-order valence-corrected chi connectivity index (χ2v) is 7.02. The van der Waals surface area contributed by atoms with Crippen LogP contribution in [0, 0.1) is 5.82 Å². The Hall–Kier alpha value is -3.06. The number of Topliss-reactive ketones (excluding diaryl/α,β-unsaturated/α-hetero) is 1. The Kier molecular flexibility index (Phi) is 5.32. The third-order valence-corrected chi connectivity index (χ3v) is 4.98. The molecule has 138 valence electrons. The van der Waals surface area contributed by atoms with E-state index in [0.717, 1.165) is 11.3 Å². The Bertz CT molecular complexity index is 1040. The second kappa shape index (κ2) is 7.67. The zero-order chi connectivity index (χ0) is 19.6. The van der Waals surface area contributed by atoms with Crippen molar-refractivity contribution in [1.82, 2.24) is 0 Å². The molecule has 0 unspecified atom stereocenters. The lowest BCUT2D eigenvalue weighted by Gasteiger charge is -2.13. The number of esters is 1. The number of hydrogen-bond donors (Lipinski definition) is 1. The summed E-state index contributed by atoms with van der Waals surface area (Å²) < 4.78 is 19.6. The number of carbonyl (C=O) groups excluding carboxylic acids is 3. The molecule has 3 rings (SSSR count). The van der Waals surface area contributed by atoms with Gasteiger partial charge in [0.1, 0.15) is 10.7 Å². The van der Waals surface area contributed by atoms with Gasteiger partial charge in [-0.3, -0.25) is 9.59 Å². The van der Waals surface area contributed by atoms with Crippen LogP contribution in [-0.2, 0) is 9.53 Å². The molecule has 0 bridgehead atoms. The number of benzene rings is 2. The van der Waals surface area contributed by atoms with Crippen molar-refractivity contribution in [2.45, 2.75) is 20.0 Å². The molecule has 0 fully saturated rings. The van der Waals surface area contributed by atoms with Crippen molar-refractivity contribution in [3.63, 3.8) is 0 Å². The maximum absolute atomic E-state index is 13.8. The summed E-state index contributed by atoms with van der Waals surface area (Å²) in [5.41, 5.74) is 0.893. The van der Waals surface area contributed by atoms with Crippen LogP contribution in [0.3, 0.4) is 0 Å². The fourth-order valence-electron chi connectivity index (χ4n) is 2.46. The highest BCUT2D eigenvalue weighted by Crippen LogP contribution is 2.28. The maximum atomic E-state index is 13.8. The van der Waals surface area contributed by atoms with Gasteiger partial charge in [-0.15, -0.1) is 11.3 Å². The van der Waals surface area contributed by atoms with Crippen LogP contribution >= 0.6 is 11.3 Å². The van der Waals surface area contributed by atoms with Crippen LogP contribution in [-0.4, -0.2) is 23.8 Å². The zero-order valence-electron chi connectivity index (χ0n) is 14.6. The van der Waals surface area contributed by atoms with Crippen molar-refractivity contribution in [3.05, 3.63) is 64.8 Å². The molecule has 0 saturated heterocycles. The minimum Gasteiger partial charge on any atom is -0.448 e. The minimum atomic E-state index is -1.06. The molecule has 3 aromatic rings. The quantitative estimate of drug-likeness (QED) is 0.521. The predicted molar refractivity (Wildman–Crippen MR) is 102 cm³/mol. The summed E-state index contributed by atoms with van der Waals surface area (Å²) in [6.07, 6.45) is -1.06. The standard InChI is InChI=1S/C20H16FNO4S/c1-11(23)13-5-3-6-14(9-13)22-19(24)12(2)26-20(25)18-10-15-16(21)7-4-8-17(15)27-18/h3-10,12H,1-2H3,(H,22,24)/t12-/m1/s1. The first kappa shape index (κ1) is 18.7. The van der Waals surface area contributed by atoms with Gasteiger partial charge in [-0.2, -0.15) is 0 Å². The van der Waals surface area contributed by atoms with Crippen LogP contribution in [0.2, 0.25) is 0 Å². The smallest absolute Gasteiger partial charge is 0.349 e. The van der Waals surface area contributed by atoms with Crippen molar-refractivity contribution < 1.29 is 23.5 Å². The molecule has 0 radical (unpaired) electrons. The van der Waals surface area contributed by atoms with E-state index in [9.17, 15) is 18.8 Å². The van der Waals surface area contributed by atoms with E-state index >= 15 is 0 Å². The first-order valence-corrected chi connectivity index (χ1v) is 8.97. The molecule has 0 spiro atoms. The van der Waals surface area contributed by atoms with E-state index in [4.69, 9.17) is 4.74 Å². The molecular weight excluding hydrogens is 369 g/mol. The molecule has 2 aromatic carbocycles. The van der Waals surface area contributed by atoms with Gasteiger partial charge in [0.2, 0.25) is 0 Å². The van der Waals surface area contributed by atoms with Crippen LogP contribution in [0.25, 0.3) is 10.1 Å². The third-order valence-electron chi connectivity index (χ3n) is 3.90. The Morgan fingerprint density at radius 3 is 2.56 bits per heavy atom. The summed E-state index contributed by atoms with van der Waals surface area (Å²) in [6.45, 7) is 2.87. The van der Waals surface area contributed by atoms with Gasteiger partial charge in [0.05, 0.1) is 0 Å². The number of nitrogens with one attached hydrogen (secondary N) is 1. The SMILES string of the molecule is CC(=O)c1cccc(NC(=O)[C@@H](C)OC(=O)c2cc3c(F)cccc3s2)c1. The Morgan fingerprint density at radius 2 is 1.85 bits per heavy atom. The van der Waals surface area contributed by atoms with Crippen molar-refractivity contribution >= 4 is 44.8 Å². The number of anilines is 1. The van der Waals surface area contributed by atoms with Crippen LogP contribution in [0.4, 0.5) is 10.1 Å². The third kappa shape index (κ3) is 4.20. The summed E-state index contributed by atoms with van der Waals surface area (Å²) in [7, 11) is 0. The summed E-state index contributed by atoms with van der Waals surface area (Å²) >= 11 is 1.10. The van der Waals surface area contributed by atoms with E-state index in [-0.39, 0.29) is 10.7 Å². The fourth-order valence-corrected chi connectivity index (χ4v) is 3.42. The number of carbonyl (C=O) groups is 3. The molecule has 27 heavy (non-hydrogen) atoms. The van der Waals surface area contributed by atoms with Crippen molar-refractivity contribution in [2.24, 2.45) is 0 Å². The van der Waals surface area contributed by atoms with Gasteiger partial charge in [-0.1, -0.05) is 18.2 Å². The molecule has 0 aliphatic carbocycles. The minimum absolute atomic E-state index is 0.123. The lowest BCUT2D eigenvalue weighted by molar-refractivity contribution is -0.123. The van der Waals surface area contributed by atoms with E-state index in [1.165, 1.54) is 26.0 Å². The summed E-state index contributed by atoms with van der Waals surface area (Å²) in [5, 5.41) is 2.94. The second-order valence-electron chi connectivity index (χ2n) is 5.94. The van der Waals surface area contributed by atoms with Crippen molar-refractivity contribution in [1.29, 1.82) is 0 Å². The molecule has 1 aromatic heterocycles. The topological polar surface area (TPSA) is 72.5 Å². The number of fused-ring (bicyclic) bond motifs is 1. The van der Waals surface area contributed by atoms with Crippen LogP contribution in [0.1, 0.15) is 33.9 Å². The van der Waals surface area contributed by atoms with Gasteiger partial charge in [0, 0.05) is 21.3 Å². The van der Waals surface area contributed by atoms with Crippen LogP contribution in [0.5, 0.6) is 0 Å². The highest BCUT2D eigenvalue weighted by Gasteiger charge is 2.21. The van der Waals surface area contributed by atoms with Crippen LogP contribution in [0.15, 0.2) is 48.5 Å². The van der Waals surface area contributed by atoms with E-state index in [1.54, 1.807) is 36.4 Å². The molecule has 5 nitrogen and oxygen atoms in total. The van der Waals surface area contributed by atoms with Crippen LogP contribution < -0.4 is 5.32 Å². The molecule has 7 heteroatoms. The predicted octanol–water partition coefficient (Wildman–Crippen LogP) is 4.43. The van der Waals surface area contributed by atoms with E-state index in [0.29, 0.717) is 21.3 Å². The number of thiophene rings is 1. The monoisotopic (exact) mass is 385 g/mol. The molecular formula is C20H16FNO4S. The Morgan fingerprint density at radius 1 is 1.11 bits per heavy atom. The van der Waals surface area contributed by atoms with Gasteiger partial charge in [-0.25, -0.2) is 9.18 Å². The fraction of sp³-hybridized carbons (Fsp3) is 0.150. The van der Waals surface area contributed by atoms with Gasteiger partial charge in [-0.05, 0) is 44.2 Å². The average molecular weight is 385 g/mol.